The van der Waals surface area contributed by atoms with E-state index in [9.17, 15) is 9.18 Å². The molecule has 0 aliphatic carbocycles. The summed E-state index contributed by atoms with van der Waals surface area (Å²) in [6.45, 7) is 5.54. The van der Waals surface area contributed by atoms with Crippen LogP contribution in [-0.4, -0.2) is 25.1 Å². The van der Waals surface area contributed by atoms with Crippen LogP contribution in [0, 0.1) is 12.7 Å². The van der Waals surface area contributed by atoms with Gasteiger partial charge in [0.05, 0.1) is 25.3 Å². The number of hydrogen-bond donors (Lipinski definition) is 1. The molecule has 1 heterocycles. The standard InChI is InChI=1S/C22H23FN2O3S/c1-13-19(14-6-11-17(27-4)18(12-14)28-5)24-21(29-13)25-20(26)22(2,3)15-7-9-16(23)10-8-15/h6-12H,1-5H3,(H,24,25,26). The smallest absolute Gasteiger partial charge is 0.236 e. The summed E-state index contributed by atoms with van der Waals surface area (Å²) in [5, 5.41) is 3.40. The van der Waals surface area contributed by atoms with E-state index in [1.165, 1.54) is 23.5 Å². The Bertz CT molecular complexity index is 1030. The molecule has 3 rings (SSSR count). The number of carbonyl (C=O) groups is 1. The van der Waals surface area contributed by atoms with E-state index in [0.717, 1.165) is 21.7 Å². The van der Waals surface area contributed by atoms with E-state index in [4.69, 9.17) is 9.47 Å². The molecule has 0 saturated heterocycles. The van der Waals surface area contributed by atoms with Gasteiger partial charge < -0.3 is 14.8 Å². The van der Waals surface area contributed by atoms with Crippen molar-refractivity contribution >= 4 is 22.4 Å². The molecule has 3 aromatic rings. The number of thiazole rings is 1. The molecule has 5 nitrogen and oxygen atoms in total. The summed E-state index contributed by atoms with van der Waals surface area (Å²) in [5.74, 6) is 0.705. The summed E-state index contributed by atoms with van der Waals surface area (Å²) in [7, 11) is 3.17. The molecule has 0 aliphatic heterocycles. The molecule has 0 saturated carbocycles. The third kappa shape index (κ3) is 4.24. The number of anilines is 1. The lowest BCUT2D eigenvalue weighted by molar-refractivity contribution is -0.120. The van der Waals surface area contributed by atoms with E-state index in [1.54, 1.807) is 40.2 Å². The summed E-state index contributed by atoms with van der Waals surface area (Å²) in [5.41, 5.74) is 1.53. The van der Waals surface area contributed by atoms with Crippen LogP contribution in [0.2, 0.25) is 0 Å². The van der Waals surface area contributed by atoms with Crippen LogP contribution in [0.4, 0.5) is 9.52 Å². The second-order valence-electron chi connectivity index (χ2n) is 7.08. The van der Waals surface area contributed by atoms with Crippen LogP contribution in [0.5, 0.6) is 11.5 Å². The fourth-order valence-corrected chi connectivity index (χ4v) is 3.78. The molecule has 0 unspecified atom stereocenters. The number of hydrogen-bond acceptors (Lipinski definition) is 5. The molecule has 1 N–H and O–H groups in total. The maximum atomic E-state index is 13.2. The van der Waals surface area contributed by atoms with Crippen molar-refractivity contribution in [2.75, 3.05) is 19.5 Å². The molecular weight excluding hydrogens is 391 g/mol. The molecule has 0 fully saturated rings. The first kappa shape index (κ1) is 20.8. The van der Waals surface area contributed by atoms with Gasteiger partial charge in [0, 0.05) is 10.4 Å². The predicted molar refractivity (Wildman–Crippen MR) is 113 cm³/mol. The Kier molecular flexibility index (Phi) is 5.88. The zero-order valence-electron chi connectivity index (χ0n) is 17.0. The highest BCUT2D eigenvalue weighted by atomic mass is 32.1. The van der Waals surface area contributed by atoms with Crippen molar-refractivity contribution in [3.05, 3.63) is 58.7 Å². The normalized spacial score (nSPS) is 11.2. The maximum absolute atomic E-state index is 13.2. The Morgan fingerprint density at radius 1 is 1.07 bits per heavy atom. The van der Waals surface area contributed by atoms with E-state index in [-0.39, 0.29) is 11.7 Å². The first-order chi connectivity index (χ1) is 13.8. The number of ether oxygens (including phenoxy) is 2. The molecule has 0 atom stereocenters. The van der Waals surface area contributed by atoms with Gasteiger partial charge in [-0.2, -0.15) is 0 Å². The fraction of sp³-hybridized carbons (Fsp3) is 0.273. The summed E-state index contributed by atoms with van der Waals surface area (Å²) < 4.78 is 23.9. The summed E-state index contributed by atoms with van der Waals surface area (Å²) >= 11 is 1.40. The van der Waals surface area contributed by atoms with E-state index in [2.05, 4.69) is 10.3 Å². The van der Waals surface area contributed by atoms with Gasteiger partial charge in [-0.15, -0.1) is 11.3 Å². The number of benzene rings is 2. The number of rotatable bonds is 6. The minimum Gasteiger partial charge on any atom is -0.493 e. The Labute approximate surface area is 173 Å². The van der Waals surface area contributed by atoms with Gasteiger partial charge in [0.2, 0.25) is 5.91 Å². The number of amides is 1. The summed E-state index contributed by atoms with van der Waals surface area (Å²) in [6.07, 6.45) is 0. The maximum Gasteiger partial charge on any atom is 0.236 e. The zero-order chi connectivity index (χ0) is 21.2. The van der Waals surface area contributed by atoms with Crippen LogP contribution < -0.4 is 14.8 Å². The van der Waals surface area contributed by atoms with Crippen molar-refractivity contribution < 1.29 is 18.7 Å². The van der Waals surface area contributed by atoms with Gasteiger partial charge in [-0.05, 0) is 56.7 Å². The Morgan fingerprint density at radius 2 is 1.72 bits per heavy atom. The van der Waals surface area contributed by atoms with E-state index >= 15 is 0 Å². The van der Waals surface area contributed by atoms with Crippen LogP contribution in [-0.2, 0) is 10.2 Å². The van der Waals surface area contributed by atoms with Crippen molar-refractivity contribution in [3.8, 4) is 22.8 Å². The lowest BCUT2D eigenvalue weighted by Gasteiger charge is -2.23. The highest BCUT2D eigenvalue weighted by molar-refractivity contribution is 7.16. The third-order valence-corrected chi connectivity index (χ3v) is 5.69. The van der Waals surface area contributed by atoms with Crippen LogP contribution >= 0.6 is 11.3 Å². The fourth-order valence-electron chi connectivity index (χ4n) is 2.95. The monoisotopic (exact) mass is 414 g/mol. The molecule has 29 heavy (non-hydrogen) atoms. The van der Waals surface area contributed by atoms with Crippen molar-refractivity contribution in [3.63, 3.8) is 0 Å². The molecule has 0 radical (unpaired) electrons. The summed E-state index contributed by atoms with van der Waals surface area (Å²) in [6, 6.07) is 11.5. The summed E-state index contributed by atoms with van der Waals surface area (Å²) in [4.78, 5) is 18.5. The number of aryl methyl sites for hydroxylation is 1. The van der Waals surface area contributed by atoms with Gasteiger partial charge in [0.15, 0.2) is 16.6 Å². The average Bonchev–Trinajstić information content (AvgIpc) is 3.07. The van der Waals surface area contributed by atoms with Crippen molar-refractivity contribution in [1.82, 2.24) is 4.98 Å². The molecular formula is C22H23FN2O3S. The molecule has 0 bridgehead atoms. The van der Waals surface area contributed by atoms with Gasteiger partial charge >= 0.3 is 0 Å². The van der Waals surface area contributed by atoms with Crippen LogP contribution in [0.15, 0.2) is 42.5 Å². The largest absolute Gasteiger partial charge is 0.493 e. The number of aromatic nitrogens is 1. The van der Waals surface area contributed by atoms with Gasteiger partial charge in [-0.3, -0.25) is 4.79 Å². The van der Waals surface area contributed by atoms with Crippen molar-refractivity contribution in [2.24, 2.45) is 0 Å². The average molecular weight is 415 g/mol. The van der Waals surface area contributed by atoms with Crippen LogP contribution in [0.3, 0.4) is 0 Å². The van der Waals surface area contributed by atoms with E-state index < -0.39 is 5.41 Å². The Balaban J connectivity index is 1.85. The quantitative estimate of drug-likeness (QED) is 0.603. The second kappa shape index (κ2) is 8.21. The number of nitrogens with zero attached hydrogens (tertiary/aromatic N) is 1. The minimum absolute atomic E-state index is 0.211. The highest BCUT2D eigenvalue weighted by Crippen LogP contribution is 2.36. The number of nitrogens with one attached hydrogen (secondary N) is 1. The second-order valence-corrected chi connectivity index (χ2v) is 8.28. The SMILES string of the molecule is COc1ccc(-c2nc(NC(=O)C(C)(C)c3ccc(F)cc3)sc2C)cc1OC. The zero-order valence-corrected chi connectivity index (χ0v) is 17.8. The van der Waals surface area contributed by atoms with Gasteiger partial charge in [-0.25, -0.2) is 9.37 Å². The predicted octanol–water partition coefficient (Wildman–Crippen LogP) is 5.19. The van der Waals surface area contributed by atoms with E-state index in [1.807, 2.05) is 25.1 Å². The third-order valence-electron chi connectivity index (χ3n) is 4.81. The molecule has 1 amide bonds. The first-order valence-corrected chi connectivity index (χ1v) is 9.85. The molecule has 152 valence electrons. The molecule has 1 aromatic heterocycles. The van der Waals surface area contributed by atoms with Crippen LogP contribution in [0.25, 0.3) is 11.3 Å². The number of methoxy groups -OCH3 is 2. The number of halogens is 1. The highest BCUT2D eigenvalue weighted by Gasteiger charge is 2.30. The topological polar surface area (TPSA) is 60.5 Å². The lowest BCUT2D eigenvalue weighted by Crippen LogP contribution is -2.34. The Morgan fingerprint density at radius 3 is 2.34 bits per heavy atom. The van der Waals surface area contributed by atoms with Crippen molar-refractivity contribution in [2.45, 2.75) is 26.2 Å². The lowest BCUT2D eigenvalue weighted by atomic mass is 9.84. The molecule has 0 aliphatic rings. The molecule has 7 heteroatoms. The molecule has 2 aromatic carbocycles. The van der Waals surface area contributed by atoms with E-state index in [0.29, 0.717) is 16.6 Å². The van der Waals surface area contributed by atoms with Gasteiger partial charge in [0.25, 0.3) is 0 Å². The minimum atomic E-state index is -0.837. The Hall–Kier alpha value is -2.93. The van der Waals surface area contributed by atoms with Crippen LogP contribution in [0.1, 0.15) is 24.3 Å². The molecule has 0 spiro atoms. The number of carbonyl (C=O) groups excluding carboxylic acids is 1. The first-order valence-electron chi connectivity index (χ1n) is 9.03. The van der Waals surface area contributed by atoms with Gasteiger partial charge in [-0.1, -0.05) is 12.1 Å². The van der Waals surface area contributed by atoms with Gasteiger partial charge in [0.1, 0.15) is 5.82 Å². The van der Waals surface area contributed by atoms with Crippen molar-refractivity contribution in [1.29, 1.82) is 0 Å².